The van der Waals surface area contributed by atoms with Crippen molar-refractivity contribution in [3.05, 3.63) is 29.8 Å². The van der Waals surface area contributed by atoms with Crippen LogP contribution in [0.4, 0.5) is 5.69 Å². The molecule has 2 N–H and O–H groups in total. The van der Waals surface area contributed by atoms with E-state index in [0.29, 0.717) is 25.1 Å². The number of amides is 1. The first-order valence-electron chi connectivity index (χ1n) is 5.90. The number of benzene rings is 1. The summed E-state index contributed by atoms with van der Waals surface area (Å²) in [5.41, 5.74) is -0.0728. The second-order valence-corrected chi connectivity index (χ2v) is 5.93. The summed E-state index contributed by atoms with van der Waals surface area (Å²) < 4.78 is 5.48. The third kappa shape index (κ3) is 1.99. The molecule has 1 amide bonds. The van der Waals surface area contributed by atoms with Crippen LogP contribution in [0, 0.1) is 0 Å². The molecule has 2 aliphatic heterocycles. The second-order valence-electron chi connectivity index (χ2n) is 5.12. The number of hydrogen-bond acceptors (Lipinski definition) is 3. The van der Waals surface area contributed by atoms with E-state index in [4.69, 9.17) is 21.4 Å². The zero-order valence-corrected chi connectivity index (χ0v) is 10.7. The molecule has 4 rings (SSSR count). The van der Waals surface area contributed by atoms with E-state index < -0.39 is 11.6 Å². The molecule has 1 aliphatic carbocycles. The number of fused-ring (bicyclic) bond motifs is 1. The van der Waals surface area contributed by atoms with E-state index in [1.807, 2.05) is 0 Å². The van der Waals surface area contributed by atoms with E-state index in [1.54, 1.807) is 12.1 Å². The third-order valence-electron chi connectivity index (χ3n) is 3.62. The van der Waals surface area contributed by atoms with Gasteiger partial charge in [0.05, 0.1) is 17.0 Å². The Morgan fingerprint density at radius 1 is 1.26 bits per heavy atom. The zero-order valence-electron chi connectivity index (χ0n) is 9.98. The van der Waals surface area contributed by atoms with Gasteiger partial charge in [0.2, 0.25) is 0 Å². The van der Waals surface area contributed by atoms with Crippen LogP contribution < -0.4 is 5.32 Å². The molecule has 6 heteroatoms. The van der Waals surface area contributed by atoms with Gasteiger partial charge in [-0.1, -0.05) is 0 Å². The van der Waals surface area contributed by atoms with Crippen molar-refractivity contribution >= 4 is 29.2 Å². The fraction of sp³-hybridized carbons (Fsp3) is 0.385. The van der Waals surface area contributed by atoms with Gasteiger partial charge in [-0.05, 0) is 24.3 Å². The minimum atomic E-state index is -0.999. The van der Waals surface area contributed by atoms with E-state index >= 15 is 0 Å². The van der Waals surface area contributed by atoms with Crippen LogP contribution in [0.15, 0.2) is 24.3 Å². The lowest BCUT2D eigenvalue weighted by molar-refractivity contribution is -0.137. The molecule has 1 aromatic carbocycles. The average molecular weight is 282 g/mol. The maximum Gasteiger partial charge on any atom is 0.335 e. The average Bonchev–Trinajstić information content (AvgIpc) is 2.84. The summed E-state index contributed by atoms with van der Waals surface area (Å²) in [6.07, 6.45) is 1.06. The van der Waals surface area contributed by atoms with Gasteiger partial charge in [0.15, 0.2) is 5.60 Å². The summed E-state index contributed by atoms with van der Waals surface area (Å²) >= 11 is 6.16. The predicted octanol–water partition coefficient (Wildman–Crippen LogP) is 1.86. The summed E-state index contributed by atoms with van der Waals surface area (Å²) in [5.74, 6) is -1.22. The molecule has 1 aromatic rings. The molecule has 100 valence electrons. The molecule has 2 heterocycles. The standard InChI is InChI=1S/C13H12ClNO4/c14-12-5-13(6-12,19-7-12)11(18)15-9-3-1-8(2-4-9)10(16)17/h1-4H,5-7H2,(H,15,18)(H,16,17). The fourth-order valence-electron chi connectivity index (χ4n) is 2.61. The molecule has 0 radical (unpaired) electrons. The Balaban J connectivity index is 1.69. The highest BCUT2D eigenvalue weighted by Crippen LogP contribution is 2.55. The van der Waals surface area contributed by atoms with E-state index in [0.717, 1.165) is 0 Å². The van der Waals surface area contributed by atoms with Gasteiger partial charge >= 0.3 is 5.97 Å². The van der Waals surface area contributed by atoms with Crippen LogP contribution in [0.25, 0.3) is 0 Å². The number of ether oxygens (including phenoxy) is 1. The lowest BCUT2D eigenvalue weighted by atomic mass is 9.73. The Morgan fingerprint density at radius 2 is 1.89 bits per heavy atom. The molecular weight excluding hydrogens is 270 g/mol. The van der Waals surface area contributed by atoms with Crippen LogP contribution in [0.2, 0.25) is 0 Å². The molecule has 5 nitrogen and oxygen atoms in total. The largest absolute Gasteiger partial charge is 0.478 e. The molecule has 0 atom stereocenters. The highest BCUT2D eigenvalue weighted by molar-refractivity contribution is 6.26. The summed E-state index contributed by atoms with van der Waals surface area (Å²) in [6.45, 7) is 0.403. The van der Waals surface area contributed by atoms with E-state index in [-0.39, 0.29) is 16.3 Å². The number of carboxylic acid groups (broad SMARTS) is 1. The number of rotatable bonds is 3. The van der Waals surface area contributed by atoms with Crippen molar-refractivity contribution in [3.63, 3.8) is 0 Å². The Hall–Kier alpha value is -1.59. The number of anilines is 1. The molecule has 0 unspecified atom stereocenters. The summed E-state index contributed by atoms with van der Waals surface area (Å²) in [7, 11) is 0. The Bertz CT molecular complexity index is 548. The monoisotopic (exact) mass is 281 g/mol. The summed E-state index contributed by atoms with van der Waals surface area (Å²) in [4.78, 5) is 22.5. The van der Waals surface area contributed by atoms with E-state index in [9.17, 15) is 9.59 Å². The zero-order chi connectivity index (χ0) is 13.7. The second kappa shape index (κ2) is 3.95. The van der Waals surface area contributed by atoms with Gasteiger partial charge in [0.25, 0.3) is 5.91 Å². The number of aromatic carboxylic acids is 1. The highest BCUT2D eigenvalue weighted by Gasteiger charge is 2.65. The Kier molecular flexibility index (Phi) is 2.59. The Labute approximate surface area is 114 Å². The molecule has 2 saturated heterocycles. The minimum absolute atomic E-state index is 0.177. The van der Waals surface area contributed by atoms with Gasteiger partial charge in [0, 0.05) is 18.5 Å². The van der Waals surface area contributed by atoms with Crippen LogP contribution in [0.3, 0.4) is 0 Å². The lowest BCUT2D eigenvalue weighted by Gasteiger charge is -2.38. The van der Waals surface area contributed by atoms with Crippen LogP contribution >= 0.6 is 11.6 Å². The van der Waals surface area contributed by atoms with Gasteiger partial charge in [-0.25, -0.2) is 4.79 Å². The molecule has 2 bridgehead atoms. The number of carbonyl (C=O) groups excluding carboxylic acids is 1. The number of carbonyl (C=O) groups is 2. The fourth-order valence-corrected chi connectivity index (χ4v) is 3.10. The predicted molar refractivity (Wildman–Crippen MR) is 68.5 cm³/mol. The van der Waals surface area contributed by atoms with Gasteiger partial charge in [0.1, 0.15) is 0 Å². The normalized spacial score (nSPS) is 31.6. The van der Waals surface area contributed by atoms with Gasteiger partial charge < -0.3 is 15.2 Å². The molecular formula is C13H12ClNO4. The molecule has 19 heavy (non-hydrogen) atoms. The van der Waals surface area contributed by atoms with Crippen molar-refractivity contribution < 1.29 is 19.4 Å². The van der Waals surface area contributed by atoms with Crippen LogP contribution in [-0.2, 0) is 9.53 Å². The Morgan fingerprint density at radius 3 is 2.37 bits per heavy atom. The number of carboxylic acids is 1. The SMILES string of the molecule is O=C(O)c1ccc(NC(=O)C23CC(Cl)(CO2)C3)cc1. The lowest BCUT2D eigenvalue weighted by Crippen LogP contribution is -2.53. The van der Waals surface area contributed by atoms with Crippen molar-refractivity contribution in [1.82, 2.24) is 0 Å². The number of halogens is 1. The molecule has 3 aliphatic rings. The topological polar surface area (TPSA) is 75.6 Å². The minimum Gasteiger partial charge on any atom is -0.478 e. The smallest absolute Gasteiger partial charge is 0.335 e. The molecule has 1 saturated carbocycles. The third-order valence-corrected chi connectivity index (χ3v) is 3.99. The highest BCUT2D eigenvalue weighted by atomic mass is 35.5. The number of nitrogens with one attached hydrogen (secondary N) is 1. The molecule has 3 fully saturated rings. The van der Waals surface area contributed by atoms with Crippen molar-refractivity contribution in [2.45, 2.75) is 23.3 Å². The summed E-state index contributed by atoms with van der Waals surface area (Å²) in [5, 5.41) is 11.5. The van der Waals surface area contributed by atoms with Gasteiger partial charge in [-0.3, -0.25) is 4.79 Å². The van der Waals surface area contributed by atoms with E-state index in [2.05, 4.69) is 5.32 Å². The van der Waals surface area contributed by atoms with Crippen LogP contribution in [-0.4, -0.2) is 34.1 Å². The first kappa shape index (κ1) is 12.4. The maximum absolute atomic E-state index is 12.1. The number of alkyl halides is 1. The van der Waals surface area contributed by atoms with E-state index in [1.165, 1.54) is 12.1 Å². The first-order valence-corrected chi connectivity index (χ1v) is 6.28. The van der Waals surface area contributed by atoms with Crippen molar-refractivity contribution in [2.75, 3.05) is 11.9 Å². The first-order chi connectivity index (χ1) is 8.92. The van der Waals surface area contributed by atoms with Crippen molar-refractivity contribution in [2.24, 2.45) is 0 Å². The van der Waals surface area contributed by atoms with Crippen molar-refractivity contribution in [3.8, 4) is 0 Å². The number of hydrogen-bond donors (Lipinski definition) is 2. The van der Waals surface area contributed by atoms with Gasteiger partial charge in [-0.15, -0.1) is 11.6 Å². The maximum atomic E-state index is 12.1. The van der Waals surface area contributed by atoms with Crippen LogP contribution in [0.1, 0.15) is 23.2 Å². The quantitative estimate of drug-likeness (QED) is 0.829. The van der Waals surface area contributed by atoms with Gasteiger partial charge in [-0.2, -0.15) is 0 Å². The summed E-state index contributed by atoms with van der Waals surface area (Å²) in [6, 6.07) is 5.99. The molecule has 0 aromatic heterocycles. The molecule has 0 spiro atoms. The van der Waals surface area contributed by atoms with Crippen molar-refractivity contribution in [1.29, 1.82) is 0 Å². The van der Waals surface area contributed by atoms with Crippen LogP contribution in [0.5, 0.6) is 0 Å².